The molecule has 1 aromatic rings. The van der Waals surface area contributed by atoms with Gasteiger partial charge in [-0.1, -0.05) is 25.2 Å². The second-order valence-electron chi connectivity index (χ2n) is 7.53. The Balaban J connectivity index is 1.95. The third-order valence-corrected chi connectivity index (χ3v) is 5.86. The van der Waals surface area contributed by atoms with Crippen LogP contribution in [0.4, 0.5) is 5.13 Å². The van der Waals surface area contributed by atoms with Crippen LogP contribution >= 0.6 is 11.3 Å². The highest BCUT2D eigenvalue weighted by atomic mass is 32.1. The van der Waals surface area contributed by atoms with Crippen LogP contribution in [0.5, 0.6) is 0 Å². The molecule has 1 aromatic heterocycles. The van der Waals surface area contributed by atoms with Crippen LogP contribution in [0.15, 0.2) is 0 Å². The lowest BCUT2D eigenvalue weighted by atomic mass is 9.77. The fraction of sp³-hybridized carbons (Fsp3) is 0.800. The predicted octanol–water partition coefficient (Wildman–Crippen LogP) is 3.49. The van der Waals surface area contributed by atoms with E-state index in [1.54, 1.807) is 0 Å². The first-order valence-corrected chi connectivity index (χ1v) is 8.13. The molecular weight excluding hydrogens is 254 g/mol. The number of anilines is 1. The van der Waals surface area contributed by atoms with Crippen LogP contribution in [-0.2, 0) is 6.42 Å². The number of hydrogen-bond donors (Lipinski definition) is 1. The van der Waals surface area contributed by atoms with E-state index in [1.165, 1.54) is 28.5 Å². The Bertz CT molecular complexity index is 490. The number of thiazole rings is 1. The summed E-state index contributed by atoms with van der Waals surface area (Å²) in [5.41, 5.74) is 8.15. The van der Waals surface area contributed by atoms with Crippen molar-refractivity contribution in [3.63, 3.8) is 0 Å². The molecule has 0 bridgehead atoms. The molecule has 106 valence electrons. The Morgan fingerprint density at radius 3 is 2.68 bits per heavy atom. The van der Waals surface area contributed by atoms with Crippen LogP contribution in [0.3, 0.4) is 0 Å². The van der Waals surface area contributed by atoms with Crippen LogP contribution < -0.4 is 10.6 Å². The summed E-state index contributed by atoms with van der Waals surface area (Å²) in [5.74, 6) is 0. The van der Waals surface area contributed by atoms with E-state index in [4.69, 9.17) is 10.7 Å². The van der Waals surface area contributed by atoms with Gasteiger partial charge in [0, 0.05) is 23.0 Å². The molecular formula is C15H25N3S. The number of rotatable bonds is 1. The highest BCUT2D eigenvalue weighted by molar-refractivity contribution is 7.15. The molecule has 0 spiro atoms. The summed E-state index contributed by atoms with van der Waals surface area (Å²) in [6, 6.07) is 0.177. The van der Waals surface area contributed by atoms with E-state index in [2.05, 4.69) is 32.6 Å². The normalized spacial score (nSPS) is 28.5. The predicted molar refractivity (Wildman–Crippen MR) is 81.8 cm³/mol. The topological polar surface area (TPSA) is 42.2 Å². The Labute approximate surface area is 120 Å². The maximum atomic E-state index is 6.35. The van der Waals surface area contributed by atoms with Crippen molar-refractivity contribution in [2.45, 2.75) is 65.0 Å². The molecule has 1 aliphatic heterocycles. The third-order valence-electron chi connectivity index (χ3n) is 4.60. The van der Waals surface area contributed by atoms with Gasteiger partial charge >= 0.3 is 0 Å². The Hall–Kier alpha value is -0.610. The molecule has 3 rings (SSSR count). The van der Waals surface area contributed by atoms with E-state index in [0.29, 0.717) is 0 Å². The molecule has 2 heterocycles. The molecule has 1 fully saturated rings. The third kappa shape index (κ3) is 2.29. The first-order valence-electron chi connectivity index (χ1n) is 7.31. The van der Waals surface area contributed by atoms with E-state index in [-0.39, 0.29) is 17.0 Å². The maximum absolute atomic E-state index is 6.35. The van der Waals surface area contributed by atoms with Crippen molar-refractivity contribution in [2.24, 2.45) is 11.1 Å². The van der Waals surface area contributed by atoms with Gasteiger partial charge in [0.2, 0.25) is 0 Å². The van der Waals surface area contributed by atoms with Gasteiger partial charge in [-0.25, -0.2) is 4.98 Å². The summed E-state index contributed by atoms with van der Waals surface area (Å²) >= 11 is 1.83. The molecule has 0 radical (unpaired) electrons. The number of nitrogens with two attached hydrogens (primary N) is 1. The van der Waals surface area contributed by atoms with Crippen LogP contribution in [0.2, 0.25) is 0 Å². The van der Waals surface area contributed by atoms with E-state index < -0.39 is 0 Å². The first-order chi connectivity index (χ1) is 8.78. The maximum Gasteiger partial charge on any atom is 0.186 e. The summed E-state index contributed by atoms with van der Waals surface area (Å²) in [7, 11) is 0. The quantitative estimate of drug-likeness (QED) is 0.855. The van der Waals surface area contributed by atoms with Crippen molar-refractivity contribution >= 4 is 16.5 Å². The van der Waals surface area contributed by atoms with Gasteiger partial charge in [0.1, 0.15) is 0 Å². The summed E-state index contributed by atoms with van der Waals surface area (Å²) in [6.45, 7) is 10.4. The zero-order valence-electron chi connectivity index (χ0n) is 12.5. The standard InChI is InChI=1S/C15H25N3S/c1-14(2)8-10(16)12-11(9-14)17-13(19-12)18-7-5-6-15(18,3)4/h10H,5-9,16H2,1-4H3. The average Bonchev–Trinajstić information content (AvgIpc) is 2.79. The molecule has 4 heteroatoms. The van der Waals surface area contributed by atoms with Gasteiger partial charge in [0.15, 0.2) is 5.13 Å². The van der Waals surface area contributed by atoms with Gasteiger partial charge in [-0.2, -0.15) is 0 Å². The highest BCUT2D eigenvalue weighted by Crippen LogP contribution is 2.45. The Morgan fingerprint density at radius 2 is 2.05 bits per heavy atom. The van der Waals surface area contributed by atoms with Crippen LogP contribution in [0.1, 0.15) is 63.6 Å². The van der Waals surface area contributed by atoms with E-state index in [1.807, 2.05) is 11.3 Å². The molecule has 2 N–H and O–H groups in total. The van der Waals surface area contributed by atoms with Crippen molar-refractivity contribution < 1.29 is 0 Å². The molecule has 1 saturated heterocycles. The summed E-state index contributed by atoms with van der Waals surface area (Å²) in [5, 5.41) is 1.20. The van der Waals surface area contributed by atoms with E-state index in [9.17, 15) is 0 Å². The van der Waals surface area contributed by atoms with Crippen molar-refractivity contribution in [3.05, 3.63) is 10.6 Å². The second-order valence-corrected chi connectivity index (χ2v) is 8.54. The SMILES string of the molecule is CC1(C)Cc2nc(N3CCCC3(C)C)sc2C(N)C1. The zero-order chi connectivity index (χ0) is 13.8. The molecule has 0 amide bonds. The minimum absolute atomic E-state index is 0.177. The van der Waals surface area contributed by atoms with Gasteiger partial charge in [-0.3, -0.25) is 0 Å². The van der Waals surface area contributed by atoms with Gasteiger partial charge < -0.3 is 10.6 Å². The minimum Gasteiger partial charge on any atom is -0.343 e. The molecule has 0 saturated carbocycles. The van der Waals surface area contributed by atoms with Crippen molar-refractivity contribution in [1.29, 1.82) is 0 Å². The summed E-state index contributed by atoms with van der Waals surface area (Å²) < 4.78 is 0. The van der Waals surface area contributed by atoms with Crippen LogP contribution in [0, 0.1) is 5.41 Å². The minimum atomic E-state index is 0.177. The Morgan fingerprint density at radius 1 is 1.32 bits per heavy atom. The molecule has 2 aliphatic rings. The fourth-order valence-corrected chi connectivity index (χ4v) is 4.83. The molecule has 1 unspecified atom stereocenters. The van der Waals surface area contributed by atoms with Crippen molar-refractivity contribution in [1.82, 2.24) is 4.98 Å². The molecule has 1 aliphatic carbocycles. The van der Waals surface area contributed by atoms with Gasteiger partial charge in [-0.15, -0.1) is 0 Å². The molecule has 1 atom stereocenters. The summed E-state index contributed by atoms with van der Waals surface area (Å²) in [4.78, 5) is 8.75. The van der Waals surface area contributed by atoms with Crippen molar-refractivity contribution in [2.75, 3.05) is 11.4 Å². The smallest absolute Gasteiger partial charge is 0.186 e. The lowest BCUT2D eigenvalue weighted by Crippen LogP contribution is -2.38. The number of nitrogens with zero attached hydrogens (tertiary/aromatic N) is 2. The first kappa shape index (κ1) is 13.4. The average molecular weight is 279 g/mol. The lowest BCUT2D eigenvalue weighted by Gasteiger charge is -2.32. The fourth-order valence-electron chi connectivity index (χ4n) is 3.56. The van der Waals surface area contributed by atoms with Crippen molar-refractivity contribution in [3.8, 4) is 0 Å². The second kappa shape index (κ2) is 4.19. The van der Waals surface area contributed by atoms with Crippen LogP contribution in [0.25, 0.3) is 0 Å². The molecule has 19 heavy (non-hydrogen) atoms. The molecule has 0 aromatic carbocycles. The van der Waals surface area contributed by atoms with Gasteiger partial charge in [0.05, 0.1) is 5.69 Å². The molecule has 3 nitrogen and oxygen atoms in total. The monoisotopic (exact) mass is 279 g/mol. The van der Waals surface area contributed by atoms with E-state index in [0.717, 1.165) is 19.4 Å². The summed E-state index contributed by atoms with van der Waals surface area (Å²) in [6.07, 6.45) is 4.68. The highest BCUT2D eigenvalue weighted by Gasteiger charge is 2.37. The van der Waals surface area contributed by atoms with E-state index >= 15 is 0 Å². The number of aromatic nitrogens is 1. The Kier molecular flexibility index (Phi) is 2.95. The van der Waals surface area contributed by atoms with Gasteiger partial charge in [-0.05, 0) is 44.9 Å². The zero-order valence-corrected chi connectivity index (χ0v) is 13.3. The van der Waals surface area contributed by atoms with Crippen LogP contribution in [-0.4, -0.2) is 17.1 Å². The number of fused-ring (bicyclic) bond motifs is 1. The largest absolute Gasteiger partial charge is 0.343 e. The number of hydrogen-bond acceptors (Lipinski definition) is 4. The lowest BCUT2D eigenvalue weighted by molar-refractivity contribution is 0.282. The van der Waals surface area contributed by atoms with Gasteiger partial charge in [0.25, 0.3) is 0 Å².